The van der Waals surface area contributed by atoms with Crippen LogP contribution >= 0.6 is 8.53 Å². The maximum atomic E-state index is 14.1. The minimum absolute atomic E-state index is 0.0301. The second-order valence-corrected chi connectivity index (χ2v) is 25.3. The average molecular weight is 974 g/mol. The van der Waals surface area contributed by atoms with E-state index < -0.39 is 52.7 Å². The lowest BCUT2D eigenvalue weighted by Gasteiger charge is -2.42. The Labute approximate surface area is 405 Å². The number of benzene rings is 3. The molecule has 1 fully saturated rings. The highest BCUT2D eigenvalue weighted by molar-refractivity contribution is 7.44. The van der Waals surface area contributed by atoms with E-state index in [2.05, 4.69) is 90.3 Å². The third kappa shape index (κ3) is 12.4. The third-order valence-corrected chi connectivity index (χ3v) is 20.6. The third-order valence-electron chi connectivity index (χ3n) is 12.5. The highest BCUT2D eigenvalue weighted by Crippen LogP contribution is 2.52. The van der Waals surface area contributed by atoms with Crippen molar-refractivity contribution in [3.05, 3.63) is 118 Å². The minimum Gasteiger partial charge on any atom is -0.497 e. The van der Waals surface area contributed by atoms with E-state index in [0.29, 0.717) is 11.5 Å². The Morgan fingerprint density at radius 1 is 0.838 bits per heavy atom. The topological polar surface area (TPSA) is 165 Å². The molecule has 4 aromatic rings. The van der Waals surface area contributed by atoms with E-state index in [1.807, 2.05) is 78.9 Å². The first kappa shape index (κ1) is 54.4. The quantitative estimate of drug-likeness (QED) is 0.0220. The highest BCUT2D eigenvalue weighted by atomic mass is 31.2. The fourth-order valence-electron chi connectivity index (χ4n) is 9.62. The van der Waals surface area contributed by atoms with Crippen molar-refractivity contribution in [2.75, 3.05) is 39.5 Å². The van der Waals surface area contributed by atoms with Gasteiger partial charge in [-0.1, -0.05) is 96.1 Å². The summed E-state index contributed by atoms with van der Waals surface area (Å²) < 4.78 is 56.9. The Bertz CT molecular complexity index is 2210. The van der Waals surface area contributed by atoms with Crippen molar-refractivity contribution in [2.45, 2.75) is 141 Å². The molecule has 0 spiro atoms. The molecule has 0 aliphatic carbocycles. The number of carbonyl (C=O) groups is 1. The van der Waals surface area contributed by atoms with Crippen LogP contribution < -0.4 is 20.5 Å². The van der Waals surface area contributed by atoms with Gasteiger partial charge in [0.1, 0.15) is 48.0 Å². The molecule has 3 aromatic carbocycles. The van der Waals surface area contributed by atoms with Crippen molar-refractivity contribution < 1.29 is 42.0 Å². The zero-order valence-corrected chi connectivity index (χ0v) is 43.9. The summed E-state index contributed by atoms with van der Waals surface area (Å²) in [6.45, 7) is 22.8. The van der Waals surface area contributed by atoms with Crippen LogP contribution in [0.15, 0.2) is 95.9 Å². The summed E-state index contributed by atoms with van der Waals surface area (Å²) in [4.78, 5) is 30.4. The molecule has 2 heterocycles. The van der Waals surface area contributed by atoms with Crippen LogP contribution in [0, 0.1) is 11.3 Å². The van der Waals surface area contributed by atoms with E-state index in [1.165, 1.54) is 17.7 Å². The number of rotatable bonds is 25. The summed E-state index contributed by atoms with van der Waals surface area (Å²) in [6, 6.07) is 29.1. The van der Waals surface area contributed by atoms with Gasteiger partial charge < -0.3 is 42.5 Å². The first-order valence-electron chi connectivity index (χ1n) is 23.5. The molecule has 1 aromatic heterocycles. The lowest BCUT2D eigenvalue weighted by atomic mass is 9.80. The largest absolute Gasteiger partial charge is 0.497 e. The molecule has 17 heteroatoms. The van der Waals surface area contributed by atoms with Crippen LogP contribution in [0.5, 0.6) is 11.5 Å². The summed E-state index contributed by atoms with van der Waals surface area (Å²) >= 11 is 0. The van der Waals surface area contributed by atoms with E-state index in [9.17, 15) is 14.9 Å². The maximum Gasteiger partial charge on any atom is 0.351 e. The fourth-order valence-corrected chi connectivity index (χ4v) is 16.7. The maximum absolute atomic E-state index is 14.1. The van der Waals surface area contributed by atoms with Crippen LogP contribution in [0.1, 0.15) is 106 Å². The first-order valence-corrected chi connectivity index (χ1v) is 26.7. The van der Waals surface area contributed by atoms with Crippen LogP contribution in [0.25, 0.3) is 0 Å². The number of ether oxygens (including phenoxy) is 5. The molecule has 1 aliphatic heterocycles. The smallest absolute Gasteiger partial charge is 0.351 e. The zero-order valence-electron chi connectivity index (χ0n) is 42.0. The first-order chi connectivity index (χ1) is 32.4. The van der Waals surface area contributed by atoms with Gasteiger partial charge in [0.25, 0.3) is 8.53 Å². The van der Waals surface area contributed by atoms with Crippen molar-refractivity contribution in [3.8, 4) is 17.6 Å². The Morgan fingerprint density at radius 2 is 1.38 bits per heavy atom. The number of carbonyl (C=O) groups excluding carboxylic acids is 1. The molecular weight excluding hydrogens is 902 g/mol. The van der Waals surface area contributed by atoms with Gasteiger partial charge in [-0.3, -0.25) is 9.36 Å². The van der Waals surface area contributed by atoms with Crippen LogP contribution in [0.4, 0.5) is 5.82 Å². The van der Waals surface area contributed by atoms with Crippen LogP contribution in [-0.2, 0) is 38.1 Å². The number of nitrogens with zero attached hydrogens (tertiary/aromatic N) is 4. The van der Waals surface area contributed by atoms with Crippen LogP contribution in [-0.4, -0.2) is 93.1 Å². The van der Waals surface area contributed by atoms with Gasteiger partial charge in [-0.2, -0.15) is 10.2 Å². The van der Waals surface area contributed by atoms with Gasteiger partial charge in [0.05, 0.1) is 39.9 Å². The Balaban J connectivity index is 1.73. The number of methoxy groups -OCH3 is 2. The van der Waals surface area contributed by atoms with Gasteiger partial charge in [0.15, 0.2) is 6.23 Å². The normalized spacial score (nSPS) is 18.2. The molecule has 5 atom stereocenters. The fraction of sp³-hybridized carbons (Fsp3) is 0.529. The molecule has 370 valence electrons. The van der Waals surface area contributed by atoms with Gasteiger partial charge in [0, 0.05) is 25.2 Å². The average Bonchev–Trinajstić information content (AvgIpc) is 3.63. The van der Waals surface area contributed by atoms with Gasteiger partial charge in [0.2, 0.25) is 14.2 Å². The molecule has 68 heavy (non-hydrogen) atoms. The second kappa shape index (κ2) is 24.8. The number of amides is 1. The highest BCUT2D eigenvalue weighted by Gasteiger charge is 2.53. The summed E-state index contributed by atoms with van der Waals surface area (Å²) in [5.74, 6) is 1.08. The molecule has 1 aliphatic rings. The van der Waals surface area contributed by atoms with Crippen molar-refractivity contribution in [3.63, 3.8) is 0 Å². The summed E-state index contributed by atoms with van der Waals surface area (Å²) in [7, 11) is -1.10. The Morgan fingerprint density at radius 3 is 1.85 bits per heavy atom. The van der Waals surface area contributed by atoms with Crippen LogP contribution in [0.3, 0.4) is 0 Å². The molecule has 0 saturated carbocycles. The lowest BCUT2D eigenvalue weighted by molar-refractivity contribution is -0.116. The second-order valence-electron chi connectivity index (χ2n) is 18.4. The van der Waals surface area contributed by atoms with Crippen molar-refractivity contribution >= 4 is 28.6 Å². The monoisotopic (exact) mass is 973 g/mol. The number of hydrogen-bond donors (Lipinski definition) is 1. The van der Waals surface area contributed by atoms with E-state index >= 15 is 0 Å². The number of nitriles is 1. The molecule has 5 rings (SSSR count). The SMILES string of the molecule is COc1ccc(C(OC[C@H]2O[C@@H](n3ccc(NC(C)=O)nc3=O)[C@@H](OCO[Si](C(C)C)(C(C)C)C(C)C)C2OP(OCCC#N)N(C(C)C)C(C)C)(c2ccccc2)c2ccc(OC)cc2)cc1. The molecule has 15 nitrogen and oxygen atoms in total. The summed E-state index contributed by atoms with van der Waals surface area (Å²) in [5.41, 5.74) is 1.31. The van der Waals surface area contributed by atoms with E-state index in [0.717, 1.165) is 16.7 Å². The molecule has 0 radical (unpaired) electrons. The molecule has 2 unspecified atom stereocenters. The minimum atomic E-state index is -2.47. The standard InChI is InChI=1S/C51H72N5O10PSi/c1-34(2)56(35(3)4)67(63-31-17-29-52)66-47-45(32-62-51(40-18-15-14-16-19-40,41-20-24-43(59-12)25-21-41)42-22-26-44(60-13)27-23-42)65-49(55-30-28-46(53-39(11)57)54-50(55)58)48(47)61-33-64-68(36(5)6,37(7)8)38(9)10/h14-16,18-28,30,34-38,45,47-49H,17,31-33H2,1-13H3,(H,53,54,57,58)/t45-,47?,48+,49-,67?/m1/s1. The molecule has 1 N–H and O–H groups in total. The van der Waals surface area contributed by atoms with E-state index in [4.69, 9.17) is 37.2 Å². The summed E-state index contributed by atoms with van der Waals surface area (Å²) in [5, 5.41) is 12.2. The van der Waals surface area contributed by atoms with Gasteiger partial charge >= 0.3 is 5.69 Å². The Hall–Kier alpha value is -4.53. The van der Waals surface area contributed by atoms with Crippen LogP contribution in [0.2, 0.25) is 16.6 Å². The molecule has 0 bridgehead atoms. The van der Waals surface area contributed by atoms with Gasteiger partial charge in [-0.15, -0.1) is 0 Å². The molecule has 1 saturated heterocycles. The van der Waals surface area contributed by atoms with E-state index in [-0.39, 0.29) is 66.9 Å². The Kier molecular flexibility index (Phi) is 19.9. The van der Waals surface area contributed by atoms with E-state index in [1.54, 1.807) is 20.3 Å². The number of hydrogen-bond acceptors (Lipinski definition) is 13. The predicted molar refractivity (Wildman–Crippen MR) is 267 cm³/mol. The molecule has 1 amide bonds. The predicted octanol–water partition coefficient (Wildman–Crippen LogP) is 10.3. The van der Waals surface area contributed by atoms with Gasteiger partial charge in [-0.25, -0.2) is 9.46 Å². The molecular formula is C51H72N5O10PSi. The zero-order chi connectivity index (χ0) is 49.8. The number of nitrogens with one attached hydrogen (secondary N) is 1. The number of anilines is 1. The van der Waals surface area contributed by atoms with Crippen molar-refractivity contribution in [2.24, 2.45) is 0 Å². The summed E-state index contributed by atoms with van der Waals surface area (Å²) in [6.07, 6.45) is -2.30. The lowest BCUT2D eigenvalue weighted by Crippen LogP contribution is -2.49. The van der Waals surface area contributed by atoms with Crippen molar-refractivity contribution in [1.82, 2.24) is 14.2 Å². The van der Waals surface area contributed by atoms with Gasteiger partial charge in [-0.05, 0) is 91.3 Å². The number of aromatic nitrogens is 2. The van der Waals surface area contributed by atoms with Crippen molar-refractivity contribution in [1.29, 1.82) is 5.26 Å².